The highest BCUT2D eigenvalue weighted by Gasteiger charge is 2.33. The Hall–Kier alpha value is -1.40. The van der Waals surface area contributed by atoms with Gasteiger partial charge in [-0.2, -0.15) is 13.2 Å². The number of alkyl halides is 3. The van der Waals surface area contributed by atoms with Crippen LogP contribution in [-0.4, -0.2) is 4.98 Å². The third-order valence-corrected chi connectivity index (χ3v) is 4.91. The largest absolute Gasteiger partial charge is 0.418 e. The number of para-hydroxylation sites is 1. The Morgan fingerprint density at radius 1 is 1.24 bits per heavy atom. The van der Waals surface area contributed by atoms with Crippen LogP contribution >= 0.6 is 27.3 Å². The molecule has 0 spiro atoms. The number of benzene rings is 1. The number of hydrogen-bond acceptors (Lipinski definition) is 2. The van der Waals surface area contributed by atoms with Crippen molar-refractivity contribution in [3.05, 3.63) is 51.4 Å². The maximum Gasteiger partial charge on any atom is 0.418 e. The van der Waals surface area contributed by atoms with Gasteiger partial charge < -0.3 is 0 Å². The van der Waals surface area contributed by atoms with E-state index in [9.17, 15) is 13.2 Å². The number of nitrogens with zero attached hydrogens (tertiary/aromatic N) is 1. The molecule has 0 aliphatic heterocycles. The lowest BCUT2D eigenvalue weighted by Crippen LogP contribution is -2.06. The molecule has 6 heteroatoms. The second kappa shape index (κ2) is 5.10. The highest BCUT2D eigenvalue weighted by atomic mass is 79.9. The SMILES string of the molecule is Cc1cnc2c(C(F)(F)F)cccc2c1-c1cc(Br)cs1. The number of halogens is 4. The van der Waals surface area contributed by atoms with Crippen LogP contribution in [0.1, 0.15) is 11.1 Å². The van der Waals surface area contributed by atoms with Crippen LogP contribution in [0.2, 0.25) is 0 Å². The van der Waals surface area contributed by atoms with Gasteiger partial charge in [0.25, 0.3) is 0 Å². The van der Waals surface area contributed by atoms with Crippen LogP contribution < -0.4 is 0 Å². The van der Waals surface area contributed by atoms with E-state index in [2.05, 4.69) is 20.9 Å². The molecule has 0 amide bonds. The van der Waals surface area contributed by atoms with Crippen LogP contribution in [0.3, 0.4) is 0 Å². The molecule has 0 radical (unpaired) electrons. The van der Waals surface area contributed by atoms with E-state index in [0.29, 0.717) is 5.39 Å². The summed E-state index contributed by atoms with van der Waals surface area (Å²) in [6, 6.07) is 6.09. The lowest BCUT2D eigenvalue weighted by atomic mass is 10.0. The highest BCUT2D eigenvalue weighted by molar-refractivity contribution is 9.10. The molecule has 21 heavy (non-hydrogen) atoms. The predicted octanol–water partition coefficient (Wildman–Crippen LogP) is 6.05. The van der Waals surface area contributed by atoms with Gasteiger partial charge in [-0.1, -0.05) is 12.1 Å². The van der Waals surface area contributed by atoms with E-state index in [1.54, 1.807) is 6.07 Å². The monoisotopic (exact) mass is 371 g/mol. The molecular weight excluding hydrogens is 363 g/mol. The Balaban J connectivity index is 2.38. The molecule has 0 fully saturated rings. The predicted molar refractivity (Wildman–Crippen MR) is 82.5 cm³/mol. The Morgan fingerprint density at radius 2 is 2.00 bits per heavy atom. The summed E-state index contributed by atoms with van der Waals surface area (Å²) in [5, 5.41) is 2.44. The van der Waals surface area contributed by atoms with Crippen molar-refractivity contribution in [2.45, 2.75) is 13.1 Å². The Morgan fingerprint density at radius 3 is 2.62 bits per heavy atom. The molecule has 0 unspecified atom stereocenters. The van der Waals surface area contributed by atoms with Crippen molar-refractivity contribution in [2.75, 3.05) is 0 Å². The summed E-state index contributed by atoms with van der Waals surface area (Å²) in [6.07, 6.45) is -2.91. The van der Waals surface area contributed by atoms with Gasteiger partial charge in [0.2, 0.25) is 0 Å². The van der Waals surface area contributed by atoms with Gasteiger partial charge in [0.1, 0.15) is 0 Å². The fraction of sp³-hybridized carbons (Fsp3) is 0.133. The maximum absolute atomic E-state index is 13.1. The van der Waals surface area contributed by atoms with Crippen molar-refractivity contribution in [1.29, 1.82) is 0 Å². The molecule has 2 aromatic heterocycles. The van der Waals surface area contributed by atoms with Crippen LogP contribution in [-0.2, 0) is 6.18 Å². The van der Waals surface area contributed by atoms with Crippen molar-refractivity contribution >= 4 is 38.2 Å². The lowest BCUT2D eigenvalue weighted by molar-refractivity contribution is -0.136. The summed E-state index contributed by atoms with van der Waals surface area (Å²) in [5.41, 5.74) is 0.963. The number of thiophene rings is 1. The van der Waals surface area contributed by atoms with Gasteiger partial charge in [-0.3, -0.25) is 4.98 Å². The fourth-order valence-electron chi connectivity index (χ4n) is 2.32. The summed E-state index contributed by atoms with van der Waals surface area (Å²) in [7, 11) is 0. The topological polar surface area (TPSA) is 12.9 Å². The zero-order chi connectivity index (χ0) is 15.2. The smallest absolute Gasteiger partial charge is 0.255 e. The minimum atomic E-state index is -4.41. The normalized spacial score (nSPS) is 12.0. The molecule has 0 atom stereocenters. The van der Waals surface area contributed by atoms with Gasteiger partial charge in [0, 0.05) is 31.9 Å². The summed E-state index contributed by atoms with van der Waals surface area (Å²) < 4.78 is 40.3. The summed E-state index contributed by atoms with van der Waals surface area (Å²) in [5.74, 6) is 0. The first-order chi connectivity index (χ1) is 9.88. The maximum atomic E-state index is 13.1. The highest BCUT2D eigenvalue weighted by Crippen LogP contribution is 2.40. The first kappa shape index (κ1) is 14.5. The molecule has 0 saturated heterocycles. The van der Waals surface area contributed by atoms with Crippen LogP contribution in [0.5, 0.6) is 0 Å². The van der Waals surface area contributed by atoms with Crippen molar-refractivity contribution < 1.29 is 13.2 Å². The molecular formula is C15H9BrF3NS. The van der Waals surface area contributed by atoms with Crippen molar-refractivity contribution in [2.24, 2.45) is 0 Å². The van der Waals surface area contributed by atoms with Gasteiger partial charge in [0.15, 0.2) is 0 Å². The second-order valence-electron chi connectivity index (χ2n) is 4.64. The number of hydrogen-bond donors (Lipinski definition) is 0. The van der Waals surface area contributed by atoms with Gasteiger partial charge in [-0.15, -0.1) is 11.3 Å². The number of rotatable bonds is 1. The van der Waals surface area contributed by atoms with E-state index in [-0.39, 0.29) is 5.52 Å². The summed E-state index contributed by atoms with van der Waals surface area (Å²) in [6.45, 7) is 1.86. The van der Waals surface area contributed by atoms with Gasteiger partial charge in [-0.25, -0.2) is 0 Å². The molecule has 1 aromatic carbocycles. The van der Waals surface area contributed by atoms with Crippen molar-refractivity contribution in [3.63, 3.8) is 0 Å². The molecule has 3 aromatic rings. The minimum absolute atomic E-state index is 0.00452. The average Bonchev–Trinajstić information content (AvgIpc) is 2.83. The molecule has 108 valence electrons. The molecule has 0 bridgehead atoms. The molecule has 0 aliphatic carbocycles. The number of fused-ring (bicyclic) bond motifs is 1. The average molecular weight is 372 g/mol. The Bertz CT molecular complexity index is 823. The van der Waals surface area contributed by atoms with E-state index in [0.717, 1.165) is 26.5 Å². The van der Waals surface area contributed by atoms with E-state index in [1.165, 1.54) is 23.6 Å². The van der Waals surface area contributed by atoms with E-state index < -0.39 is 11.7 Å². The second-order valence-corrected chi connectivity index (χ2v) is 6.47. The van der Waals surface area contributed by atoms with Crippen LogP contribution in [0, 0.1) is 6.92 Å². The fourth-order valence-corrected chi connectivity index (χ4v) is 3.87. The standard InChI is InChI=1S/C15H9BrF3NS/c1-8-6-20-14-10(3-2-4-11(14)15(17,18)19)13(8)12-5-9(16)7-21-12/h2-7H,1H3. The van der Waals surface area contributed by atoms with Gasteiger partial charge in [-0.05, 0) is 40.5 Å². The van der Waals surface area contributed by atoms with E-state index >= 15 is 0 Å². The van der Waals surface area contributed by atoms with Gasteiger partial charge in [0.05, 0.1) is 11.1 Å². The number of aryl methyl sites for hydroxylation is 1. The third kappa shape index (κ3) is 2.58. The number of pyridine rings is 1. The zero-order valence-corrected chi connectivity index (χ0v) is 13.2. The third-order valence-electron chi connectivity index (χ3n) is 3.21. The Kier molecular flexibility index (Phi) is 3.53. The van der Waals surface area contributed by atoms with Gasteiger partial charge >= 0.3 is 6.18 Å². The van der Waals surface area contributed by atoms with E-state index in [1.807, 2.05) is 18.4 Å². The quantitative estimate of drug-likeness (QED) is 0.507. The summed E-state index contributed by atoms with van der Waals surface area (Å²) in [4.78, 5) is 4.94. The summed E-state index contributed by atoms with van der Waals surface area (Å²) >= 11 is 4.87. The first-order valence-electron chi connectivity index (χ1n) is 6.08. The van der Waals surface area contributed by atoms with Crippen LogP contribution in [0.4, 0.5) is 13.2 Å². The molecule has 0 aliphatic rings. The number of aromatic nitrogens is 1. The first-order valence-corrected chi connectivity index (χ1v) is 7.75. The van der Waals surface area contributed by atoms with Crippen LogP contribution in [0.15, 0.2) is 40.3 Å². The van der Waals surface area contributed by atoms with Crippen molar-refractivity contribution in [3.8, 4) is 10.4 Å². The Labute approximate surface area is 131 Å². The van der Waals surface area contributed by atoms with Crippen LogP contribution in [0.25, 0.3) is 21.3 Å². The lowest BCUT2D eigenvalue weighted by Gasteiger charge is -2.13. The van der Waals surface area contributed by atoms with E-state index in [4.69, 9.17) is 0 Å². The molecule has 0 saturated carbocycles. The molecule has 3 rings (SSSR count). The molecule has 0 N–H and O–H groups in total. The molecule has 2 heterocycles. The molecule has 1 nitrogen and oxygen atoms in total. The van der Waals surface area contributed by atoms with Crippen molar-refractivity contribution in [1.82, 2.24) is 4.98 Å². The zero-order valence-electron chi connectivity index (χ0n) is 10.8. The minimum Gasteiger partial charge on any atom is -0.255 e.